The average molecular weight is 1450 g/mol. The SMILES string of the molecule is CC/C=C\C/C=C\C/C=C\C/C=C\C/C=C\C/C=C\C/C=C\C/C=C\CCCCCCCCCCCCCCCCC(=O)OC(COC(=O)CCCCCCCCCCCCCCCCCCCCCCCCCCCCC/C=C\CCCCCCCCCC)COP(=O)(O)OCC[N+](C)(C)C. The van der Waals surface area contributed by atoms with Crippen molar-refractivity contribution in [2.45, 2.75) is 418 Å². The quantitative estimate of drug-likeness (QED) is 0.0211. The Morgan fingerprint density at radius 1 is 0.314 bits per heavy atom. The summed E-state index contributed by atoms with van der Waals surface area (Å²) in [6, 6.07) is 0. The summed E-state index contributed by atoms with van der Waals surface area (Å²) in [6.45, 7) is 4.37. The number of rotatable bonds is 81. The summed E-state index contributed by atoms with van der Waals surface area (Å²) in [5.41, 5.74) is 0. The Hall–Kier alpha value is -3.33. The standard InChI is InChI=1S/C92H166NO8P/c1-6-8-10-12-14-16-18-20-22-24-26-28-30-32-34-36-38-40-42-44-46-48-50-52-54-56-58-60-62-64-66-68-70-72-74-76-78-80-82-84-91(94)98-88-90(89-100-102(96,97)99-87-86-93(3,4)5)101-92(95)85-83-81-79-77-75-73-71-69-67-65-63-61-59-57-55-53-51-49-47-45-43-41-39-37-35-33-31-29-27-25-23-21-19-17-15-13-11-9-7-2/h9,11,15,17,21,23-24,26-27,29,33,35,39,41,45,47,51,53,90H,6-8,10,12-14,16,18-20,22,25,28,30-32,34,36-38,40,42-44,46,48-50,52,54-89H2,1-5H3/p+1/b11-9-,17-15-,23-21-,26-24-,29-27-,35-33-,41-39-,47-45-,53-51-. The molecule has 10 heteroatoms. The van der Waals surface area contributed by atoms with Gasteiger partial charge in [0.2, 0.25) is 0 Å². The zero-order chi connectivity index (χ0) is 74.0. The lowest BCUT2D eigenvalue weighted by Crippen LogP contribution is -2.37. The maximum Gasteiger partial charge on any atom is 0.472 e. The van der Waals surface area contributed by atoms with E-state index in [1.165, 1.54) is 289 Å². The van der Waals surface area contributed by atoms with Crippen molar-refractivity contribution in [3.05, 3.63) is 109 Å². The molecule has 9 nitrogen and oxygen atoms in total. The van der Waals surface area contributed by atoms with Crippen molar-refractivity contribution in [3.63, 3.8) is 0 Å². The maximum absolute atomic E-state index is 12.9. The van der Waals surface area contributed by atoms with E-state index in [0.717, 1.165) is 89.9 Å². The number of nitrogens with zero attached hydrogens (tertiary/aromatic N) is 1. The molecule has 0 saturated heterocycles. The molecule has 0 saturated carbocycles. The number of likely N-dealkylation sites (N-methyl/N-ethyl adjacent to an activating group) is 1. The fourth-order valence-electron chi connectivity index (χ4n) is 12.7. The molecule has 0 amide bonds. The molecule has 1 N–H and O–H groups in total. The lowest BCUT2D eigenvalue weighted by molar-refractivity contribution is -0.870. The number of hydrogen-bond acceptors (Lipinski definition) is 7. The second-order valence-corrected chi connectivity index (χ2v) is 32.0. The Labute approximate surface area is 633 Å². The minimum absolute atomic E-state index is 0.0304. The fourth-order valence-corrected chi connectivity index (χ4v) is 13.4. The average Bonchev–Trinajstić information content (AvgIpc) is 0.914. The van der Waals surface area contributed by atoms with Gasteiger partial charge in [-0.05, 0) is 103 Å². The summed E-state index contributed by atoms with van der Waals surface area (Å²) >= 11 is 0. The van der Waals surface area contributed by atoms with Gasteiger partial charge in [0, 0.05) is 12.8 Å². The van der Waals surface area contributed by atoms with E-state index in [-0.39, 0.29) is 25.6 Å². The van der Waals surface area contributed by atoms with Crippen LogP contribution in [0.2, 0.25) is 0 Å². The Morgan fingerprint density at radius 3 is 0.843 bits per heavy atom. The van der Waals surface area contributed by atoms with Gasteiger partial charge < -0.3 is 18.9 Å². The number of hydrogen-bond donors (Lipinski definition) is 1. The van der Waals surface area contributed by atoms with E-state index in [1.54, 1.807) is 0 Å². The molecule has 102 heavy (non-hydrogen) atoms. The van der Waals surface area contributed by atoms with Crippen LogP contribution >= 0.6 is 7.82 Å². The highest BCUT2D eigenvalue weighted by Gasteiger charge is 2.27. The fraction of sp³-hybridized carbons (Fsp3) is 0.783. The highest BCUT2D eigenvalue weighted by molar-refractivity contribution is 7.47. The Kier molecular flexibility index (Phi) is 79.1. The van der Waals surface area contributed by atoms with Crippen LogP contribution in [0.15, 0.2) is 109 Å². The van der Waals surface area contributed by atoms with Crippen molar-refractivity contribution in [2.24, 2.45) is 0 Å². The van der Waals surface area contributed by atoms with Crippen LogP contribution in [-0.4, -0.2) is 74.9 Å². The molecular weight excluding hydrogens is 1280 g/mol. The van der Waals surface area contributed by atoms with Crippen LogP contribution < -0.4 is 0 Å². The molecule has 0 aliphatic rings. The molecule has 0 aromatic rings. The molecular formula is C92H167NO8P+. The molecule has 0 rings (SSSR count). The predicted octanol–water partition coefficient (Wildman–Crippen LogP) is 29.5. The van der Waals surface area contributed by atoms with E-state index in [1.807, 2.05) is 21.1 Å². The molecule has 0 radical (unpaired) electrons. The van der Waals surface area contributed by atoms with Gasteiger partial charge in [-0.3, -0.25) is 18.6 Å². The van der Waals surface area contributed by atoms with Crippen molar-refractivity contribution in [1.29, 1.82) is 0 Å². The van der Waals surface area contributed by atoms with E-state index in [2.05, 4.69) is 123 Å². The molecule has 0 bridgehead atoms. The van der Waals surface area contributed by atoms with Gasteiger partial charge in [-0.25, -0.2) is 4.57 Å². The van der Waals surface area contributed by atoms with Crippen LogP contribution in [0.5, 0.6) is 0 Å². The van der Waals surface area contributed by atoms with E-state index < -0.39 is 26.5 Å². The molecule has 2 unspecified atom stereocenters. The van der Waals surface area contributed by atoms with Gasteiger partial charge in [-0.1, -0.05) is 406 Å². The van der Waals surface area contributed by atoms with Gasteiger partial charge >= 0.3 is 19.8 Å². The summed E-state index contributed by atoms with van der Waals surface area (Å²) in [6.07, 6.45) is 117. The molecule has 0 fully saturated rings. The molecule has 0 heterocycles. The number of phosphoric acid groups is 1. The monoisotopic (exact) mass is 1450 g/mol. The first kappa shape index (κ1) is 98.7. The number of esters is 2. The third kappa shape index (κ3) is 85.6. The third-order valence-corrected chi connectivity index (χ3v) is 20.3. The number of carbonyl (C=O) groups is 2. The first-order chi connectivity index (χ1) is 50.0. The number of allylic oxidation sites excluding steroid dienone is 18. The number of quaternary nitrogens is 1. The number of ether oxygens (including phenoxy) is 2. The second kappa shape index (κ2) is 81.7. The van der Waals surface area contributed by atoms with Crippen LogP contribution in [0.1, 0.15) is 412 Å². The zero-order valence-corrected chi connectivity index (χ0v) is 68.7. The molecule has 0 aliphatic carbocycles. The van der Waals surface area contributed by atoms with Crippen molar-refractivity contribution >= 4 is 19.8 Å². The van der Waals surface area contributed by atoms with Crippen molar-refractivity contribution in [3.8, 4) is 0 Å². The normalized spacial score (nSPS) is 13.5. The minimum atomic E-state index is -4.40. The van der Waals surface area contributed by atoms with Crippen LogP contribution in [-0.2, 0) is 32.7 Å². The van der Waals surface area contributed by atoms with E-state index in [0.29, 0.717) is 23.9 Å². The van der Waals surface area contributed by atoms with Gasteiger partial charge in [0.1, 0.15) is 19.8 Å². The largest absolute Gasteiger partial charge is 0.472 e. The molecule has 0 aromatic heterocycles. The van der Waals surface area contributed by atoms with Crippen molar-refractivity contribution in [2.75, 3.05) is 47.5 Å². The number of phosphoric ester groups is 1. The first-order valence-corrected chi connectivity index (χ1v) is 45.1. The van der Waals surface area contributed by atoms with E-state index in [4.69, 9.17) is 18.5 Å². The maximum atomic E-state index is 12.9. The summed E-state index contributed by atoms with van der Waals surface area (Å²) in [7, 11) is 1.49. The van der Waals surface area contributed by atoms with Gasteiger partial charge in [0.15, 0.2) is 6.10 Å². The van der Waals surface area contributed by atoms with Crippen LogP contribution in [0.3, 0.4) is 0 Å². The van der Waals surface area contributed by atoms with Crippen molar-refractivity contribution in [1.82, 2.24) is 0 Å². The second-order valence-electron chi connectivity index (χ2n) is 30.5. The molecule has 0 aliphatic heterocycles. The van der Waals surface area contributed by atoms with Crippen LogP contribution in [0, 0.1) is 0 Å². The Balaban J connectivity index is 3.91. The topological polar surface area (TPSA) is 108 Å². The number of unbranched alkanes of at least 4 members (excludes halogenated alkanes) is 49. The predicted molar refractivity (Wildman–Crippen MR) is 445 cm³/mol. The van der Waals surface area contributed by atoms with Crippen LogP contribution in [0.4, 0.5) is 0 Å². The van der Waals surface area contributed by atoms with E-state index in [9.17, 15) is 19.0 Å². The summed E-state index contributed by atoms with van der Waals surface area (Å²) in [4.78, 5) is 36.1. The smallest absolute Gasteiger partial charge is 0.462 e. The first-order valence-electron chi connectivity index (χ1n) is 43.6. The highest BCUT2D eigenvalue weighted by Crippen LogP contribution is 2.43. The lowest BCUT2D eigenvalue weighted by atomic mass is 10.0. The summed E-state index contributed by atoms with van der Waals surface area (Å²) in [5, 5.41) is 0. The van der Waals surface area contributed by atoms with Gasteiger partial charge in [0.05, 0.1) is 27.7 Å². The lowest BCUT2D eigenvalue weighted by Gasteiger charge is -2.24. The molecule has 592 valence electrons. The number of carbonyl (C=O) groups excluding carboxylic acids is 2. The molecule has 0 spiro atoms. The van der Waals surface area contributed by atoms with Crippen molar-refractivity contribution < 1.29 is 42.1 Å². The van der Waals surface area contributed by atoms with Crippen LogP contribution in [0.25, 0.3) is 0 Å². The molecule has 2 atom stereocenters. The van der Waals surface area contributed by atoms with E-state index >= 15 is 0 Å². The van der Waals surface area contributed by atoms with Gasteiger partial charge in [-0.2, -0.15) is 0 Å². The zero-order valence-electron chi connectivity index (χ0n) is 67.8. The van der Waals surface area contributed by atoms with Gasteiger partial charge in [-0.15, -0.1) is 0 Å². The highest BCUT2D eigenvalue weighted by atomic mass is 31.2. The summed E-state index contributed by atoms with van der Waals surface area (Å²) in [5.74, 6) is -0.782. The minimum Gasteiger partial charge on any atom is -0.462 e. The Morgan fingerprint density at radius 2 is 0.559 bits per heavy atom. The Bertz CT molecular complexity index is 2100. The molecule has 0 aromatic carbocycles. The van der Waals surface area contributed by atoms with Gasteiger partial charge in [0.25, 0.3) is 0 Å². The third-order valence-electron chi connectivity index (χ3n) is 19.3. The summed E-state index contributed by atoms with van der Waals surface area (Å²) < 4.78 is 34.9.